The van der Waals surface area contributed by atoms with Crippen molar-refractivity contribution in [1.82, 2.24) is 20.3 Å². The zero-order chi connectivity index (χ0) is 17.8. The van der Waals surface area contributed by atoms with E-state index >= 15 is 0 Å². The zero-order valence-electron chi connectivity index (χ0n) is 14.7. The number of hydrogen-bond donors (Lipinski definition) is 1. The van der Waals surface area contributed by atoms with Crippen LogP contribution in [0, 0.1) is 13.8 Å². The molecule has 0 unspecified atom stereocenters. The summed E-state index contributed by atoms with van der Waals surface area (Å²) < 4.78 is 2.75. The van der Waals surface area contributed by atoms with Crippen LogP contribution >= 0.6 is 15.9 Å². The number of hydrogen-bond acceptors (Lipinski definition) is 3. The largest absolute Gasteiger partial charge is 0.350 e. The molecule has 1 N–H and O–H groups in total. The van der Waals surface area contributed by atoms with E-state index in [9.17, 15) is 4.79 Å². The molecule has 1 aliphatic rings. The van der Waals surface area contributed by atoms with Gasteiger partial charge in [-0.15, -0.1) is 5.10 Å². The predicted molar refractivity (Wildman–Crippen MR) is 102 cm³/mol. The summed E-state index contributed by atoms with van der Waals surface area (Å²) in [5, 5.41) is 11.2. The van der Waals surface area contributed by atoms with Gasteiger partial charge in [-0.3, -0.25) is 4.79 Å². The highest BCUT2D eigenvalue weighted by atomic mass is 79.9. The van der Waals surface area contributed by atoms with Crippen molar-refractivity contribution in [2.24, 2.45) is 0 Å². The Morgan fingerprint density at radius 1 is 1.32 bits per heavy atom. The number of carbonyl (C=O) groups excluding carboxylic acids is 1. The fraction of sp³-hybridized carbons (Fsp3) is 0.421. The van der Waals surface area contributed by atoms with Gasteiger partial charge in [0.25, 0.3) is 5.91 Å². The molecule has 0 spiro atoms. The Labute approximate surface area is 156 Å². The highest BCUT2D eigenvalue weighted by Crippen LogP contribution is 2.21. The van der Waals surface area contributed by atoms with Crippen LogP contribution in [0.5, 0.6) is 0 Å². The summed E-state index contributed by atoms with van der Waals surface area (Å²) in [5.74, 6) is -0.158. The molecule has 0 aliphatic heterocycles. The standard InChI is InChI=1S/C19H23BrN4O/c1-13-12-16(8-9-17(13)20)24-14(2)18(22-23-24)19(25)21-11-10-15-6-4-3-5-7-15/h6,8-9,12H,3-5,7,10-11H2,1-2H3,(H,21,25). The number of benzene rings is 1. The SMILES string of the molecule is Cc1cc(-n2nnc(C(=O)NCCC3=CCCCC3)c2C)ccc1Br. The van der Waals surface area contributed by atoms with Crippen LogP contribution in [0.4, 0.5) is 0 Å². The molecule has 0 bridgehead atoms. The third-order valence-electron chi connectivity index (χ3n) is 4.61. The minimum absolute atomic E-state index is 0.158. The van der Waals surface area contributed by atoms with E-state index in [0.717, 1.165) is 34.3 Å². The quantitative estimate of drug-likeness (QED) is 0.759. The van der Waals surface area contributed by atoms with Gasteiger partial charge in [0, 0.05) is 11.0 Å². The van der Waals surface area contributed by atoms with Gasteiger partial charge in [-0.1, -0.05) is 32.8 Å². The van der Waals surface area contributed by atoms with Crippen molar-refractivity contribution >= 4 is 21.8 Å². The summed E-state index contributed by atoms with van der Waals surface area (Å²) in [6, 6.07) is 5.95. The maximum absolute atomic E-state index is 12.4. The molecule has 0 atom stereocenters. The van der Waals surface area contributed by atoms with Crippen LogP contribution in [0.2, 0.25) is 0 Å². The van der Waals surface area contributed by atoms with Crippen LogP contribution in [-0.2, 0) is 0 Å². The Morgan fingerprint density at radius 2 is 2.16 bits per heavy atom. The van der Waals surface area contributed by atoms with Gasteiger partial charge in [-0.05, 0) is 69.7 Å². The fourth-order valence-corrected chi connectivity index (χ4v) is 3.34. The number of halogens is 1. The molecule has 1 aliphatic carbocycles. The Balaban J connectivity index is 1.66. The van der Waals surface area contributed by atoms with Gasteiger partial charge in [0.2, 0.25) is 0 Å². The van der Waals surface area contributed by atoms with E-state index in [1.165, 1.54) is 24.8 Å². The zero-order valence-corrected chi connectivity index (χ0v) is 16.3. The molecule has 0 fully saturated rings. The molecule has 6 heteroatoms. The van der Waals surface area contributed by atoms with Gasteiger partial charge in [0.15, 0.2) is 5.69 Å². The minimum Gasteiger partial charge on any atom is -0.350 e. The summed E-state index contributed by atoms with van der Waals surface area (Å²) >= 11 is 3.50. The number of aromatic nitrogens is 3. The third kappa shape index (κ3) is 4.18. The van der Waals surface area contributed by atoms with Crippen LogP contribution in [0.25, 0.3) is 5.69 Å². The van der Waals surface area contributed by atoms with Crippen molar-refractivity contribution in [2.45, 2.75) is 46.0 Å². The topological polar surface area (TPSA) is 59.8 Å². The van der Waals surface area contributed by atoms with E-state index in [-0.39, 0.29) is 5.91 Å². The molecule has 3 rings (SSSR count). The molecule has 1 aromatic heterocycles. The van der Waals surface area contributed by atoms with E-state index in [2.05, 4.69) is 37.6 Å². The van der Waals surface area contributed by atoms with E-state index in [0.29, 0.717) is 12.2 Å². The monoisotopic (exact) mass is 402 g/mol. The molecule has 5 nitrogen and oxygen atoms in total. The number of allylic oxidation sites excluding steroid dienone is 1. The molecule has 1 amide bonds. The van der Waals surface area contributed by atoms with Gasteiger partial charge in [-0.25, -0.2) is 4.68 Å². The molecule has 1 heterocycles. The van der Waals surface area contributed by atoms with Crippen LogP contribution in [0.15, 0.2) is 34.3 Å². The van der Waals surface area contributed by atoms with Gasteiger partial charge < -0.3 is 5.32 Å². The Morgan fingerprint density at radius 3 is 2.88 bits per heavy atom. The summed E-state index contributed by atoms with van der Waals surface area (Å²) in [6.07, 6.45) is 8.11. The lowest BCUT2D eigenvalue weighted by molar-refractivity contribution is 0.0948. The molecule has 1 aromatic carbocycles. The van der Waals surface area contributed by atoms with E-state index in [4.69, 9.17) is 0 Å². The maximum atomic E-state index is 12.4. The smallest absolute Gasteiger partial charge is 0.273 e. The van der Waals surface area contributed by atoms with Crippen LogP contribution in [0.3, 0.4) is 0 Å². The second-order valence-corrected chi connectivity index (χ2v) is 7.34. The first-order valence-electron chi connectivity index (χ1n) is 8.71. The molecule has 25 heavy (non-hydrogen) atoms. The van der Waals surface area contributed by atoms with Gasteiger partial charge in [0.1, 0.15) is 0 Å². The fourth-order valence-electron chi connectivity index (χ4n) is 3.10. The first-order chi connectivity index (χ1) is 12.1. The van der Waals surface area contributed by atoms with Gasteiger partial charge in [-0.2, -0.15) is 0 Å². The molecule has 2 aromatic rings. The average molecular weight is 403 g/mol. The Hall–Kier alpha value is -1.95. The first-order valence-corrected chi connectivity index (χ1v) is 9.50. The van der Waals surface area contributed by atoms with E-state index in [1.807, 2.05) is 32.0 Å². The minimum atomic E-state index is -0.158. The van der Waals surface area contributed by atoms with Crippen LogP contribution < -0.4 is 5.32 Å². The molecule has 132 valence electrons. The highest BCUT2D eigenvalue weighted by Gasteiger charge is 2.17. The number of nitrogens with zero attached hydrogens (tertiary/aromatic N) is 3. The molecule has 0 saturated heterocycles. The number of aryl methyl sites for hydroxylation is 1. The van der Waals surface area contributed by atoms with Crippen molar-refractivity contribution < 1.29 is 4.79 Å². The number of amides is 1. The van der Waals surface area contributed by atoms with Gasteiger partial charge >= 0.3 is 0 Å². The van der Waals surface area contributed by atoms with Crippen LogP contribution in [-0.4, -0.2) is 27.4 Å². The van der Waals surface area contributed by atoms with E-state index in [1.54, 1.807) is 4.68 Å². The number of carbonyl (C=O) groups is 1. The maximum Gasteiger partial charge on any atom is 0.273 e. The molecule has 0 radical (unpaired) electrons. The van der Waals surface area contributed by atoms with E-state index < -0.39 is 0 Å². The lowest BCUT2D eigenvalue weighted by Crippen LogP contribution is -2.26. The molecule has 0 saturated carbocycles. The normalized spacial score (nSPS) is 14.3. The second kappa shape index (κ2) is 7.95. The van der Waals surface area contributed by atoms with Gasteiger partial charge in [0.05, 0.1) is 11.4 Å². The summed E-state index contributed by atoms with van der Waals surface area (Å²) in [6.45, 7) is 4.54. The Bertz CT molecular complexity index is 810. The van der Waals surface area contributed by atoms with Crippen molar-refractivity contribution in [2.75, 3.05) is 6.54 Å². The lowest BCUT2D eigenvalue weighted by Gasteiger charge is -2.12. The van der Waals surface area contributed by atoms with Crippen molar-refractivity contribution in [3.8, 4) is 5.69 Å². The molecular formula is C19H23BrN4O. The van der Waals surface area contributed by atoms with Crippen LogP contribution in [0.1, 0.15) is 53.8 Å². The van der Waals surface area contributed by atoms with Crippen molar-refractivity contribution in [3.63, 3.8) is 0 Å². The lowest BCUT2D eigenvalue weighted by atomic mass is 9.97. The number of rotatable bonds is 5. The number of nitrogens with one attached hydrogen (secondary N) is 1. The van der Waals surface area contributed by atoms with Crippen molar-refractivity contribution in [1.29, 1.82) is 0 Å². The molecular weight excluding hydrogens is 380 g/mol. The Kier molecular flexibility index (Phi) is 5.68. The summed E-state index contributed by atoms with van der Waals surface area (Å²) in [5.41, 5.74) is 4.60. The second-order valence-electron chi connectivity index (χ2n) is 6.48. The summed E-state index contributed by atoms with van der Waals surface area (Å²) in [7, 11) is 0. The first kappa shape index (κ1) is 17.9. The summed E-state index contributed by atoms with van der Waals surface area (Å²) in [4.78, 5) is 12.4. The highest BCUT2D eigenvalue weighted by molar-refractivity contribution is 9.10. The predicted octanol–water partition coefficient (Wildman–Crippen LogP) is 4.27. The average Bonchev–Trinajstić information content (AvgIpc) is 3.00. The van der Waals surface area contributed by atoms with Crippen molar-refractivity contribution in [3.05, 3.63) is 51.3 Å². The third-order valence-corrected chi connectivity index (χ3v) is 5.50.